The monoisotopic (exact) mass is 294 g/mol. The first-order valence-electron chi connectivity index (χ1n) is 6.82. The van der Waals surface area contributed by atoms with Gasteiger partial charge in [0.15, 0.2) is 0 Å². The lowest BCUT2D eigenvalue weighted by Gasteiger charge is -2.22. The van der Waals surface area contributed by atoms with Gasteiger partial charge in [0, 0.05) is 29.8 Å². The Hall–Kier alpha value is -1.11. The fraction of sp³-hybridized carbons (Fsp3) is 0.571. The fourth-order valence-electron chi connectivity index (χ4n) is 2.19. The summed E-state index contributed by atoms with van der Waals surface area (Å²) in [6, 6.07) is 3.66. The summed E-state index contributed by atoms with van der Waals surface area (Å²) in [7, 11) is 0. The highest BCUT2D eigenvalue weighted by Gasteiger charge is 2.23. The molecule has 2 rings (SSSR count). The number of nitrogen functional groups attached to an aromatic ring is 1. The van der Waals surface area contributed by atoms with Crippen molar-refractivity contribution >= 4 is 17.7 Å². The van der Waals surface area contributed by atoms with Crippen LogP contribution >= 0.6 is 11.8 Å². The Balaban J connectivity index is 1.94. The Bertz CT molecular complexity index is 461. The quantitative estimate of drug-likeness (QED) is 0.501. The van der Waals surface area contributed by atoms with E-state index in [1.807, 2.05) is 17.8 Å². The third kappa shape index (κ3) is 4.19. The van der Waals surface area contributed by atoms with Crippen molar-refractivity contribution < 1.29 is 4.79 Å². The molecule has 0 spiro atoms. The topological polar surface area (TPSA) is 71.2 Å². The number of carbonyl (C=O) groups excluding carboxylic acids is 1. The largest absolute Gasteiger partial charge is 0.297 e. The molecule has 1 aromatic heterocycles. The molecule has 0 bridgehead atoms. The van der Waals surface area contributed by atoms with Crippen LogP contribution in [0.1, 0.15) is 36.3 Å². The maximum absolute atomic E-state index is 11.3. The van der Waals surface area contributed by atoms with Crippen molar-refractivity contribution in [1.82, 2.24) is 15.3 Å². The molecule has 1 aliphatic rings. The maximum Gasteiger partial charge on any atom is 0.266 e. The maximum atomic E-state index is 11.3. The van der Waals surface area contributed by atoms with E-state index in [9.17, 15) is 4.79 Å². The van der Waals surface area contributed by atoms with Crippen LogP contribution in [0.3, 0.4) is 0 Å². The number of nitrogens with one attached hydrogen (secondary N) is 1. The van der Waals surface area contributed by atoms with Crippen molar-refractivity contribution in [1.29, 1.82) is 0 Å². The van der Waals surface area contributed by atoms with Crippen molar-refractivity contribution in [2.24, 2.45) is 5.84 Å². The van der Waals surface area contributed by atoms with Gasteiger partial charge in [0.2, 0.25) is 0 Å². The number of aromatic nitrogens is 1. The first-order chi connectivity index (χ1) is 9.50. The lowest BCUT2D eigenvalue weighted by molar-refractivity contribution is 0.0953. The Morgan fingerprint density at radius 2 is 2.30 bits per heavy atom. The molecule has 1 aromatic rings. The van der Waals surface area contributed by atoms with E-state index in [1.54, 1.807) is 12.3 Å². The van der Waals surface area contributed by atoms with E-state index in [2.05, 4.69) is 29.2 Å². The zero-order valence-electron chi connectivity index (χ0n) is 12.1. The molecule has 6 heteroatoms. The van der Waals surface area contributed by atoms with E-state index in [1.165, 1.54) is 6.42 Å². The van der Waals surface area contributed by atoms with Crippen LogP contribution in [-0.2, 0) is 6.54 Å². The van der Waals surface area contributed by atoms with Gasteiger partial charge < -0.3 is 0 Å². The second-order valence-corrected chi connectivity index (χ2v) is 7.45. The minimum absolute atomic E-state index is 0.308. The van der Waals surface area contributed by atoms with Crippen molar-refractivity contribution in [3.05, 3.63) is 29.6 Å². The molecule has 0 aromatic carbocycles. The molecule has 5 nitrogen and oxygen atoms in total. The lowest BCUT2D eigenvalue weighted by atomic mass is 10.1. The molecule has 1 aliphatic heterocycles. The average Bonchev–Trinajstić information content (AvgIpc) is 2.60. The smallest absolute Gasteiger partial charge is 0.266 e. The van der Waals surface area contributed by atoms with Crippen molar-refractivity contribution in [3.63, 3.8) is 0 Å². The van der Waals surface area contributed by atoms with Crippen LogP contribution in [0.4, 0.5) is 0 Å². The van der Waals surface area contributed by atoms with Crippen molar-refractivity contribution in [2.45, 2.75) is 31.6 Å². The Labute approximate surface area is 124 Å². The van der Waals surface area contributed by atoms with Crippen LogP contribution in [-0.4, -0.2) is 39.4 Å². The summed E-state index contributed by atoms with van der Waals surface area (Å²) >= 11 is 2.04. The minimum Gasteiger partial charge on any atom is -0.297 e. The summed E-state index contributed by atoms with van der Waals surface area (Å²) in [5.41, 5.74) is 3.59. The molecule has 0 aliphatic carbocycles. The van der Waals surface area contributed by atoms with E-state index >= 15 is 0 Å². The van der Waals surface area contributed by atoms with Crippen LogP contribution in [0.5, 0.6) is 0 Å². The number of rotatable bonds is 3. The number of pyridine rings is 1. The summed E-state index contributed by atoms with van der Waals surface area (Å²) in [6.07, 6.45) is 2.76. The molecule has 3 N–H and O–H groups in total. The van der Waals surface area contributed by atoms with E-state index in [-0.39, 0.29) is 5.91 Å². The van der Waals surface area contributed by atoms with E-state index in [0.29, 0.717) is 10.3 Å². The van der Waals surface area contributed by atoms with Gasteiger partial charge in [-0.25, -0.2) is 5.84 Å². The lowest BCUT2D eigenvalue weighted by Crippen LogP contribution is -2.30. The van der Waals surface area contributed by atoms with Gasteiger partial charge in [0.1, 0.15) is 0 Å². The summed E-state index contributed by atoms with van der Waals surface area (Å²) in [5, 5.41) is 0. The highest BCUT2D eigenvalue weighted by atomic mass is 32.2. The van der Waals surface area contributed by atoms with E-state index < -0.39 is 0 Å². The second kappa shape index (κ2) is 6.56. The second-order valence-electron chi connectivity index (χ2n) is 5.65. The molecule has 1 fully saturated rings. The fourth-order valence-corrected chi connectivity index (χ4v) is 3.32. The molecule has 0 radical (unpaired) electrons. The third-order valence-corrected chi connectivity index (χ3v) is 4.91. The highest BCUT2D eigenvalue weighted by molar-refractivity contribution is 8.00. The summed E-state index contributed by atoms with van der Waals surface area (Å²) in [6.45, 7) is 7.62. The van der Waals surface area contributed by atoms with Crippen LogP contribution in [0.2, 0.25) is 0 Å². The molecule has 0 saturated carbocycles. The van der Waals surface area contributed by atoms with E-state index in [4.69, 9.17) is 5.84 Å². The number of hydrogen-bond donors (Lipinski definition) is 2. The van der Waals surface area contributed by atoms with Gasteiger partial charge in [0.05, 0.1) is 11.3 Å². The standard InChI is InChI=1S/C14H22N4OS/c1-14(2)5-6-18(7-8-20-14)10-12-4-3-11(9-16-12)13(19)17-15/h3-4,9H,5-8,10,15H2,1-2H3,(H,17,19). The summed E-state index contributed by atoms with van der Waals surface area (Å²) in [5.74, 6) is 5.94. The number of hydrogen-bond acceptors (Lipinski definition) is 5. The number of carbonyl (C=O) groups is 1. The van der Waals surface area contributed by atoms with Gasteiger partial charge in [-0.15, -0.1) is 0 Å². The van der Waals surface area contributed by atoms with Gasteiger partial charge in [-0.05, 0) is 25.1 Å². The average molecular weight is 294 g/mol. The first kappa shape index (κ1) is 15.3. The predicted octanol–water partition coefficient (Wildman–Crippen LogP) is 1.40. The van der Waals surface area contributed by atoms with Gasteiger partial charge in [0.25, 0.3) is 5.91 Å². The molecule has 0 atom stereocenters. The van der Waals surface area contributed by atoms with Gasteiger partial charge in [-0.3, -0.25) is 20.1 Å². The highest BCUT2D eigenvalue weighted by Crippen LogP contribution is 2.30. The molecule has 110 valence electrons. The summed E-state index contributed by atoms with van der Waals surface area (Å²) < 4.78 is 0.366. The van der Waals surface area contributed by atoms with Crippen LogP contribution in [0, 0.1) is 0 Å². The molecular formula is C14H22N4OS. The SMILES string of the molecule is CC1(C)CCN(Cc2ccc(C(=O)NN)cn2)CCS1. The minimum atomic E-state index is -0.308. The molecular weight excluding hydrogens is 272 g/mol. The number of thioether (sulfide) groups is 1. The molecule has 1 amide bonds. The number of nitrogens with zero attached hydrogens (tertiary/aromatic N) is 2. The number of hydrazine groups is 1. The number of nitrogens with two attached hydrogens (primary N) is 1. The summed E-state index contributed by atoms with van der Waals surface area (Å²) in [4.78, 5) is 18.1. The van der Waals surface area contributed by atoms with Crippen LogP contribution < -0.4 is 11.3 Å². The van der Waals surface area contributed by atoms with Gasteiger partial charge >= 0.3 is 0 Å². The van der Waals surface area contributed by atoms with Crippen LogP contribution in [0.25, 0.3) is 0 Å². The zero-order chi connectivity index (χ0) is 14.6. The Morgan fingerprint density at radius 1 is 1.50 bits per heavy atom. The Morgan fingerprint density at radius 3 is 2.95 bits per heavy atom. The normalized spacial score (nSPS) is 19.4. The predicted molar refractivity (Wildman–Crippen MR) is 82.3 cm³/mol. The Kier molecular flexibility index (Phi) is 5.01. The van der Waals surface area contributed by atoms with E-state index in [0.717, 1.165) is 31.1 Å². The molecule has 0 unspecified atom stereocenters. The number of amides is 1. The molecule has 1 saturated heterocycles. The third-order valence-electron chi connectivity index (χ3n) is 3.53. The zero-order valence-corrected chi connectivity index (χ0v) is 12.9. The first-order valence-corrected chi connectivity index (χ1v) is 7.81. The van der Waals surface area contributed by atoms with Crippen molar-refractivity contribution in [3.8, 4) is 0 Å². The van der Waals surface area contributed by atoms with Gasteiger partial charge in [-0.1, -0.05) is 13.8 Å². The van der Waals surface area contributed by atoms with Crippen LogP contribution in [0.15, 0.2) is 18.3 Å². The van der Waals surface area contributed by atoms with Gasteiger partial charge in [-0.2, -0.15) is 11.8 Å². The molecule has 2 heterocycles. The molecule has 20 heavy (non-hydrogen) atoms. The van der Waals surface area contributed by atoms with Crippen molar-refractivity contribution in [2.75, 3.05) is 18.8 Å².